The summed E-state index contributed by atoms with van der Waals surface area (Å²) < 4.78 is 6.89. The first-order valence-electron chi connectivity index (χ1n) is 9.65. The van der Waals surface area contributed by atoms with E-state index >= 15 is 0 Å². The third-order valence-electron chi connectivity index (χ3n) is 5.60. The van der Waals surface area contributed by atoms with Gasteiger partial charge in [0.25, 0.3) is 5.91 Å². The molecule has 4 aromatic rings. The molecule has 31 heavy (non-hydrogen) atoms. The van der Waals surface area contributed by atoms with Crippen molar-refractivity contribution in [2.24, 2.45) is 0 Å². The Labute approximate surface area is 176 Å². The van der Waals surface area contributed by atoms with Crippen LogP contribution in [0.1, 0.15) is 22.7 Å². The van der Waals surface area contributed by atoms with Crippen LogP contribution in [-0.2, 0) is 10.4 Å². The summed E-state index contributed by atoms with van der Waals surface area (Å²) in [4.78, 5) is 25.4. The number of carbonyl (C=O) groups is 2. The molecule has 2 aromatic carbocycles. The number of likely N-dealkylation sites (tertiary alicyclic amines) is 1. The highest BCUT2D eigenvalue weighted by Gasteiger charge is 2.48. The number of hydrogen-bond donors (Lipinski definition) is 2. The number of rotatable bonds is 4. The van der Waals surface area contributed by atoms with Crippen molar-refractivity contribution in [3.63, 3.8) is 0 Å². The molecule has 0 aliphatic carbocycles. The Hall–Kier alpha value is -3.98. The number of carboxylic acids is 1. The molecule has 0 saturated carbocycles. The summed E-state index contributed by atoms with van der Waals surface area (Å²) in [6.07, 6.45) is 0.230. The third-order valence-corrected chi connectivity index (χ3v) is 5.60. The van der Waals surface area contributed by atoms with Gasteiger partial charge in [-0.3, -0.25) is 4.79 Å². The number of carboxylic acid groups (broad SMARTS) is 1. The summed E-state index contributed by atoms with van der Waals surface area (Å²) in [5, 5.41) is 29.1. The first kappa shape index (κ1) is 19.0. The highest BCUT2D eigenvalue weighted by Crippen LogP contribution is 2.35. The van der Waals surface area contributed by atoms with Gasteiger partial charge in [-0.1, -0.05) is 35.5 Å². The highest BCUT2D eigenvalue weighted by atomic mass is 16.5. The summed E-state index contributed by atoms with van der Waals surface area (Å²) in [5.74, 6) is -1.43. The van der Waals surface area contributed by atoms with Gasteiger partial charge in [-0.2, -0.15) is 5.10 Å². The lowest BCUT2D eigenvalue weighted by atomic mass is 9.98. The molecule has 9 heteroatoms. The van der Waals surface area contributed by atoms with Gasteiger partial charge in [-0.15, -0.1) is 0 Å². The van der Waals surface area contributed by atoms with Gasteiger partial charge < -0.3 is 19.6 Å². The molecule has 1 amide bonds. The molecule has 1 atom stereocenters. The lowest BCUT2D eigenvalue weighted by molar-refractivity contribution is -0.144. The minimum absolute atomic E-state index is 0.0317. The van der Waals surface area contributed by atoms with Gasteiger partial charge >= 0.3 is 5.97 Å². The van der Waals surface area contributed by atoms with E-state index in [1.165, 1.54) is 4.90 Å². The maximum atomic E-state index is 12.3. The normalized spacial score (nSPS) is 18.8. The molecule has 1 fully saturated rings. The fraction of sp³-hybridized carbons (Fsp3) is 0.182. The van der Waals surface area contributed by atoms with Crippen molar-refractivity contribution in [3.8, 4) is 16.9 Å². The lowest BCUT2D eigenvalue weighted by Crippen LogP contribution is -2.35. The zero-order valence-corrected chi connectivity index (χ0v) is 16.5. The first-order chi connectivity index (χ1) is 14.9. The van der Waals surface area contributed by atoms with Crippen LogP contribution in [0, 0.1) is 0 Å². The Kier molecular flexibility index (Phi) is 4.16. The second-order valence-electron chi connectivity index (χ2n) is 7.55. The summed E-state index contributed by atoms with van der Waals surface area (Å²) in [6, 6.07) is 15.8. The van der Waals surface area contributed by atoms with E-state index in [0.29, 0.717) is 34.4 Å². The number of benzene rings is 2. The molecule has 1 aliphatic rings. The number of carbonyl (C=O) groups excluding carboxylic acids is 1. The van der Waals surface area contributed by atoms with Crippen LogP contribution in [0.3, 0.4) is 0 Å². The van der Waals surface area contributed by atoms with Crippen molar-refractivity contribution in [2.75, 3.05) is 13.6 Å². The topological polar surface area (TPSA) is 122 Å². The van der Waals surface area contributed by atoms with Crippen molar-refractivity contribution in [2.45, 2.75) is 12.0 Å². The summed E-state index contributed by atoms with van der Waals surface area (Å²) in [6.45, 7) is 0.430. The van der Waals surface area contributed by atoms with E-state index in [2.05, 4.69) is 10.3 Å². The molecule has 5 rings (SSSR count). The van der Waals surface area contributed by atoms with Crippen LogP contribution in [0.2, 0.25) is 0 Å². The summed E-state index contributed by atoms with van der Waals surface area (Å²) in [7, 11) is 1.63. The van der Waals surface area contributed by atoms with Crippen LogP contribution in [-0.4, -0.2) is 55.5 Å². The smallest absolute Gasteiger partial charge is 0.357 e. The predicted molar refractivity (Wildman–Crippen MR) is 110 cm³/mol. The number of hydrogen-bond acceptors (Lipinski definition) is 6. The third kappa shape index (κ3) is 2.89. The number of amides is 1. The largest absolute Gasteiger partial charge is 0.476 e. The molecule has 0 bridgehead atoms. The van der Waals surface area contributed by atoms with E-state index in [4.69, 9.17) is 4.52 Å². The predicted octanol–water partition coefficient (Wildman–Crippen LogP) is 2.43. The average molecular weight is 418 g/mol. The van der Waals surface area contributed by atoms with E-state index in [1.807, 2.05) is 12.1 Å². The van der Waals surface area contributed by atoms with Crippen molar-refractivity contribution in [1.29, 1.82) is 0 Å². The molecule has 0 radical (unpaired) electrons. The van der Waals surface area contributed by atoms with Crippen molar-refractivity contribution >= 4 is 22.8 Å². The number of aliphatic hydroxyl groups is 1. The lowest BCUT2D eigenvalue weighted by Gasteiger charge is -2.16. The van der Waals surface area contributed by atoms with E-state index in [1.54, 1.807) is 54.2 Å². The number of fused-ring (bicyclic) bond motifs is 1. The zero-order valence-electron chi connectivity index (χ0n) is 16.5. The van der Waals surface area contributed by atoms with Gasteiger partial charge in [0, 0.05) is 37.0 Å². The molecular formula is C22H18N4O5. The van der Waals surface area contributed by atoms with Crippen molar-refractivity contribution in [1.82, 2.24) is 19.8 Å². The molecule has 0 spiro atoms. The molecule has 1 aliphatic heterocycles. The Morgan fingerprint density at radius 2 is 1.97 bits per heavy atom. The Morgan fingerprint density at radius 1 is 1.16 bits per heavy atom. The molecule has 1 saturated heterocycles. The Bertz CT molecular complexity index is 1340. The molecule has 2 aromatic heterocycles. The quantitative estimate of drug-likeness (QED) is 0.522. The van der Waals surface area contributed by atoms with Gasteiger partial charge in [0.05, 0.1) is 11.2 Å². The fourth-order valence-corrected chi connectivity index (χ4v) is 3.91. The van der Waals surface area contributed by atoms with Crippen LogP contribution in [0.4, 0.5) is 0 Å². The molecule has 1 unspecified atom stereocenters. The first-order valence-corrected chi connectivity index (χ1v) is 9.65. The fourth-order valence-electron chi connectivity index (χ4n) is 3.91. The summed E-state index contributed by atoms with van der Waals surface area (Å²) >= 11 is 0. The SMILES string of the molecule is CN1CCC(O)(c2cc(-c3cccc(-n4nc(C(=O)O)c5ccccc54)c3)no2)C1=O. The number of para-hydroxylation sites is 1. The number of aromatic nitrogens is 3. The molecule has 9 nitrogen and oxygen atoms in total. The molecule has 156 valence electrons. The van der Waals surface area contributed by atoms with E-state index in [-0.39, 0.29) is 17.9 Å². The highest BCUT2D eigenvalue weighted by molar-refractivity contribution is 6.01. The average Bonchev–Trinajstić information content (AvgIpc) is 3.48. The van der Waals surface area contributed by atoms with Gasteiger partial charge in [-0.05, 0) is 18.2 Å². The Balaban J connectivity index is 1.56. The van der Waals surface area contributed by atoms with E-state index < -0.39 is 17.5 Å². The molecule has 3 heterocycles. The van der Waals surface area contributed by atoms with Crippen molar-refractivity contribution in [3.05, 3.63) is 66.1 Å². The van der Waals surface area contributed by atoms with Gasteiger partial charge in [-0.25, -0.2) is 9.48 Å². The second kappa shape index (κ2) is 6.78. The zero-order chi connectivity index (χ0) is 21.8. The molecular weight excluding hydrogens is 400 g/mol. The second-order valence-corrected chi connectivity index (χ2v) is 7.55. The minimum atomic E-state index is -1.72. The van der Waals surface area contributed by atoms with Crippen LogP contribution in [0.5, 0.6) is 0 Å². The van der Waals surface area contributed by atoms with Crippen LogP contribution >= 0.6 is 0 Å². The van der Waals surface area contributed by atoms with E-state index in [9.17, 15) is 19.8 Å². The monoisotopic (exact) mass is 418 g/mol. The number of nitrogens with zero attached hydrogens (tertiary/aromatic N) is 4. The Morgan fingerprint density at radius 3 is 2.71 bits per heavy atom. The van der Waals surface area contributed by atoms with Crippen LogP contribution in [0.25, 0.3) is 27.8 Å². The number of aromatic carboxylic acids is 1. The summed E-state index contributed by atoms with van der Waals surface area (Å²) in [5.41, 5.74) is 0.671. The maximum Gasteiger partial charge on any atom is 0.357 e. The standard InChI is InChI=1S/C22H18N4O5/c1-25-10-9-22(30,21(25)29)18-12-16(24-31-18)13-5-4-6-14(11-13)26-17-8-3-2-7-15(17)19(23-26)20(27)28/h2-8,11-12,30H,9-10H2,1H3,(H,27,28). The van der Waals surface area contributed by atoms with E-state index in [0.717, 1.165) is 0 Å². The van der Waals surface area contributed by atoms with Gasteiger partial charge in [0.15, 0.2) is 11.5 Å². The van der Waals surface area contributed by atoms with Crippen LogP contribution < -0.4 is 0 Å². The minimum Gasteiger partial charge on any atom is -0.476 e. The van der Waals surface area contributed by atoms with Gasteiger partial charge in [0.1, 0.15) is 5.69 Å². The van der Waals surface area contributed by atoms with Crippen molar-refractivity contribution < 1.29 is 24.3 Å². The van der Waals surface area contributed by atoms with Crippen LogP contribution in [0.15, 0.2) is 59.1 Å². The van der Waals surface area contributed by atoms with Gasteiger partial charge in [0.2, 0.25) is 5.60 Å². The number of likely N-dealkylation sites (N-methyl/N-ethyl adjacent to an activating group) is 1. The molecule has 2 N–H and O–H groups in total. The maximum absolute atomic E-state index is 12.3.